The Balaban J connectivity index is 3.35. The van der Waals surface area contributed by atoms with Gasteiger partial charge in [-0.05, 0) is 25.2 Å². The summed E-state index contributed by atoms with van der Waals surface area (Å²) in [6.07, 6.45) is 20.0. The smallest absolute Gasteiger partial charge is 0.333 e. The van der Waals surface area contributed by atoms with E-state index < -0.39 is 0 Å². The molecule has 0 spiro atoms. The number of rotatable bonds is 19. The summed E-state index contributed by atoms with van der Waals surface area (Å²) in [6.45, 7) is 11.2. The molecule has 2 heteroatoms. The highest BCUT2D eigenvalue weighted by molar-refractivity contribution is 5.87. The van der Waals surface area contributed by atoms with Crippen molar-refractivity contribution in [3.8, 4) is 0 Å². The summed E-state index contributed by atoms with van der Waals surface area (Å²) in [5.74, 6) is 0.587. The Morgan fingerprint density at radius 2 is 1.27 bits per heavy atom. The second-order valence-electron chi connectivity index (χ2n) is 8.27. The van der Waals surface area contributed by atoms with Crippen LogP contribution in [0.5, 0.6) is 0 Å². The molecule has 0 aromatic heterocycles. The van der Waals surface area contributed by atoms with Gasteiger partial charge in [0.1, 0.15) is 0 Å². The molecule has 154 valence electrons. The van der Waals surface area contributed by atoms with Crippen LogP contribution in [0.4, 0.5) is 0 Å². The summed E-state index contributed by atoms with van der Waals surface area (Å²) >= 11 is 0. The zero-order valence-electron chi connectivity index (χ0n) is 18.1. The molecule has 0 N–H and O–H groups in total. The minimum absolute atomic E-state index is 0.180. The van der Waals surface area contributed by atoms with Gasteiger partial charge in [0.05, 0.1) is 6.61 Å². The SMILES string of the molecule is C=C(CCCCCCCCCCCCC)C(=O)OCCCCCC(C)C. The van der Waals surface area contributed by atoms with Crippen LogP contribution in [0, 0.1) is 5.92 Å². The standard InChI is InChI=1S/C24H46O2/c1-5-6-7-8-9-10-11-12-13-14-17-20-23(4)24(25)26-21-18-15-16-19-22(2)3/h22H,4-21H2,1-3H3. The van der Waals surface area contributed by atoms with Gasteiger partial charge in [0.25, 0.3) is 0 Å². The van der Waals surface area contributed by atoms with Gasteiger partial charge < -0.3 is 4.74 Å². The van der Waals surface area contributed by atoms with Crippen molar-refractivity contribution in [1.29, 1.82) is 0 Å². The second-order valence-corrected chi connectivity index (χ2v) is 8.27. The van der Waals surface area contributed by atoms with Crippen molar-refractivity contribution >= 4 is 5.97 Å². The van der Waals surface area contributed by atoms with Crippen molar-refractivity contribution < 1.29 is 9.53 Å². The van der Waals surface area contributed by atoms with Crippen molar-refractivity contribution in [3.05, 3.63) is 12.2 Å². The molecule has 0 aliphatic rings. The third kappa shape index (κ3) is 18.0. The molecule has 0 rings (SSSR count). The molecule has 0 atom stereocenters. The van der Waals surface area contributed by atoms with E-state index in [0.29, 0.717) is 12.2 Å². The van der Waals surface area contributed by atoms with E-state index in [0.717, 1.165) is 31.6 Å². The summed E-state index contributed by atoms with van der Waals surface area (Å²) in [7, 11) is 0. The monoisotopic (exact) mass is 366 g/mol. The summed E-state index contributed by atoms with van der Waals surface area (Å²) in [5, 5.41) is 0. The molecule has 2 nitrogen and oxygen atoms in total. The van der Waals surface area contributed by atoms with Crippen LogP contribution >= 0.6 is 0 Å². The van der Waals surface area contributed by atoms with E-state index in [-0.39, 0.29) is 5.97 Å². The average molecular weight is 367 g/mol. The maximum atomic E-state index is 11.9. The highest BCUT2D eigenvalue weighted by Gasteiger charge is 2.08. The quantitative estimate of drug-likeness (QED) is 0.131. The van der Waals surface area contributed by atoms with Gasteiger partial charge in [0.15, 0.2) is 0 Å². The molecule has 0 aliphatic heterocycles. The summed E-state index contributed by atoms with van der Waals surface area (Å²) < 4.78 is 5.32. The Bertz CT molecular complexity index is 333. The highest BCUT2D eigenvalue weighted by atomic mass is 16.5. The fraction of sp³-hybridized carbons (Fsp3) is 0.875. The average Bonchev–Trinajstić information content (AvgIpc) is 2.61. The number of ether oxygens (including phenoxy) is 1. The maximum Gasteiger partial charge on any atom is 0.333 e. The molecule has 0 heterocycles. The van der Waals surface area contributed by atoms with Gasteiger partial charge >= 0.3 is 5.97 Å². The van der Waals surface area contributed by atoms with Gasteiger partial charge in [-0.15, -0.1) is 0 Å². The van der Waals surface area contributed by atoms with Crippen LogP contribution in [0.3, 0.4) is 0 Å². The first-order chi connectivity index (χ1) is 12.6. The molecule has 0 saturated heterocycles. The summed E-state index contributed by atoms with van der Waals surface area (Å²) in [4.78, 5) is 11.9. The van der Waals surface area contributed by atoms with Crippen LogP contribution in [-0.4, -0.2) is 12.6 Å². The van der Waals surface area contributed by atoms with Crippen molar-refractivity contribution in [2.75, 3.05) is 6.61 Å². The van der Waals surface area contributed by atoms with Crippen LogP contribution < -0.4 is 0 Å². The van der Waals surface area contributed by atoms with E-state index in [1.165, 1.54) is 77.0 Å². The Hall–Kier alpha value is -0.790. The van der Waals surface area contributed by atoms with Crippen molar-refractivity contribution in [2.45, 2.75) is 124 Å². The third-order valence-corrected chi connectivity index (χ3v) is 5.03. The molecule has 0 aliphatic carbocycles. The van der Waals surface area contributed by atoms with E-state index in [1.807, 2.05) is 0 Å². The Morgan fingerprint density at radius 1 is 0.769 bits per heavy atom. The summed E-state index contributed by atoms with van der Waals surface area (Å²) in [5.41, 5.74) is 0.656. The van der Waals surface area contributed by atoms with Crippen molar-refractivity contribution in [3.63, 3.8) is 0 Å². The Labute approximate surface area is 164 Å². The number of carbonyl (C=O) groups is 1. The normalized spacial score (nSPS) is 11.1. The first-order valence-electron chi connectivity index (χ1n) is 11.4. The zero-order chi connectivity index (χ0) is 19.5. The molecule has 0 amide bonds. The topological polar surface area (TPSA) is 26.3 Å². The van der Waals surface area contributed by atoms with E-state index in [4.69, 9.17) is 4.74 Å². The van der Waals surface area contributed by atoms with Crippen LogP contribution in [-0.2, 0) is 9.53 Å². The van der Waals surface area contributed by atoms with E-state index in [1.54, 1.807) is 0 Å². The predicted octanol–water partition coefficient (Wildman–Crippen LogP) is 8.00. The van der Waals surface area contributed by atoms with Gasteiger partial charge in [-0.1, -0.05) is 111 Å². The molecule has 0 saturated carbocycles. The second kappa shape index (κ2) is 19.0. The minimum atomic E-state index is -0.180. The number of hydrogen-bond donors (Lipinski definition) is 0. The largest absolute Gasteiger partial charge is 0.462 e. The molecule has 0 fully saturated rings. The molecular weight excluding hydrogens is 320 g/mol. The number of esters is 1. The molecule has 0 unspecified atom stereocenters. The Kier molecular flexibility index (Phi) is 18.4. The molecule has 0 radical (unpaired) electrons. The van der Waals surface area contributed by atoms with Crippen LogP contribution in [0.25, 0.3) is 0 Å². The number of carbonyl (C=O) groups excluding carboxylic acids is 1. The van der Waals surface area contributed by atoms with Crippen LogP contribution in [0.15, 0.2) is 12.2 Å². The molecule has 0 bridgehead atoms. The molecule has 0 aromatic carbocycles. The van der Waals surface area contributed by atoms with Gasteiger partial charge in [0.2, 0.25) is 0 Å². The molecule has 0 aromatic rings. The fourth-order valence-electron chi connectivity index (χ4n) is 3.20. The lowest BCUT2D eigenvalue weighted by Gasteiger charge is -2.08. The molecular formula is C24H46O2. The van der Waals surface area contributed by atoms with Gasteiger partial charge in [0, 0.05) is 5.57 Å². The van der Waals surface area contributed by atoms with Crippen LogP contribution in [0.1, 0.15) is 124 Å². The van der Waals surface area contributed by atoms with Crippen molar-refractivity contribution in [1.82, 2.24) is 0 Å². The first kappa shape index (κ1) is 25.2. The first-order valence-corrected chi connectivity index (χ1v) is 11.4. The van der Waals surface area contributed by atoms with Crippen molar-refractivity contribution in [2.24, 2.45) is 5.92 Å². The highest BCUT2D eigenvalue weighted by Crippen LogP contribution is 2.14. The third-order valence-electron chi connectivity index (χ3n) is 5.03. The molecule has 26 heavy (non-hydrogen) atoms. The fourth-order valence-corrected chi connectivity index (χ4v) is 3.20. The lowest BCUT2D eigenvalue weighted by atomic mass is 10.0. The van der Waals surface area contributed by atoms with Gasteiger partial charge in [-0.2, -0.15) is 0 Å². The predicted molar refractivity (Wildman–Crippen MR) is 114 cm³/mol. The minimum Gasteiger partial charge on any atom is -0.462 e. The van der Waals surface area contributed by atoms with E-state index in [2.05, 4.69) is 27.4 Å². The number of unbranched alkanes of at least 4 members (excludes halogenated alkanes) is 12. The lowest BCUT2D eigenvalue weighted by molar-refractivity contribution is -0.139. The van der Waals surface area contributed by atoms with Gasteiger partial charge in [-0.3, -0.25) is 0 Å². The van der Waals surface area contributed by atoms with Gasteiger partial charge in [-0.25, -0.2) is 4.79 Å². The van der Waals surface area contributed by atoms with E-state index >= 15 is 0 Å². The Morgan fingerprint density at radius 3 is 1.81 bits per heavy atom. The zero-order valence-corrected chi connectivity index (χ0v) is 18.1. The lowest BCUT2D eigenvalue weighted by Crippen LogP contribution is -2.08. The van der Waals surface area contributed by atoms with E-state index in [9.17, 15) is 4.79 Å². The van der Waals surface area contributed by atoms with Crippen LogP contribution in [0.2, 0.25) is 0 Å². The number of hydrogen-bond acceptors (Lipinski definition) is 2. The summed E-state index contributed by atoms with van der Waals surface area (Å²) in [6, 6.07) is 0. The maximum absolute atomic E-state index is 11.9.